The molecule has 2 N–H and O–H groups in total. The topological polar surface area (TPSA) is 49.7 Å². The fourth-order valence-corrected chi connectivity index (χ4v) is 0.724. The summed E-state index contributed by atoms with van der Waals surface area (Å²) in [6.45, 7) is 7.98. The van der Waals surface area contributed by atoms with E-state index in [0.29, 0.717) is 6.42 Å². The van der Waals surface area contributed by atoms with Crippen molar-refractivity contribution in [3.8, 4) is 0 Å². The molecule has 1 atom stereocenters. The highest BCUT2D eigenvalue weighted by Crippen LogP contribution is 1.91. The van der Waals surface area contributed by atoms with Crippen LogP contribution in [-0.2, 0) is 4.74 Å². The van der Waals surface area contributed by atoms with E-state index < -0.39 is 6.10 Å². The van der Waals surface area contributed by atoms with E-state index in [2.05, 4.69) is 13.8 Å². The van der Waals surface area contributed by atoms with Gasteiger partial charge < -0.3 is 14.9 Å². The largest absolute Gasteiger partial charge is 0.394 e. The zero-order chi connectivity index (χ0) is 11.9. The first-order chi connectivity index (χ1) is 7.22. The third kappa shape index (κ3) is 20.1. The molecular formula is C12H28O3. The highest BCUT2D eigenvalue weighted by Gasteiger charge is 1.92. The highest BCUT2D eigenvalue weighted by molar-refractivity contribution is 4.43. The van der Waals surface area contributed by atoms with Gasteiger partial charge >= 0.3 is 0 Å². The minimum Gasteiger partial charge on any atom is -0.394 e. The predicted molar refractivity (Wildman–Crippen MR) is 64.0 cm³/mol. The van der Waals surface area contributed by atoms with Crippen LogP contribution in [0.2, 0.25) is 0 Å². The van der Waals surface area contributed by atoms with Crippen molar-refractivity contribution in [2.24, 2.45) is 0 Å². The van der Waals surface area contributed by atoms with Gasteiger partial charge in [-0.1, -0.05) is 33.6 Å². The van der Waals surface area contributed by atoms with Gasteiger partial charge in [-0.2, -0.15) is 0 Å². The van der Waals surface area contributed by atoms with Crippen molar-refractivity contribution in [3.05, 3.63) is 0 Å². The summed E-state index contributed by atoms with van der Waals surface area (Å²) < 4.78 is 5.31. The van der Waals surface area contributed by atoms with E-state index in [1.165, 1.54) is 25.7 Å². The Morgan fingerprint density at radius 1 is 1.00 bits per heavy atom. The summed E-state index contributed by atoms with van der Waals surface area (Å²) in [6, 6.07) is 0. The third-order valence-electron chi connectivity index (χ3n) is 1.97. The molecular weight excluding hydrogens is 192 g/mol. The van der Waals surface area contributed by atoms with Crippen molar-refractivity contribution < 1.29 is 14.9 Å². The SMILES string of the molecule is CCC(O)CO.CCCCOCCCC. The van der Waals surface area contributed by atoms with Gasteiger partial charge in [-0.15, -0.1) is 0 Å². The summed E-state index contributed by atoms with van der Waals surface area (Å²) in [4.78, 5) is 0. The Morgan fingerprint density at radius 2 is 1.47 bits per heavy atom. The van der Waals surface area contributed by atoms with Gasteiger partial charge in [0.1, 0.15) is 0 Å². The maximum Gasteiger partial charge on any atom is 0.0768 e. The highest BCUT2D eigenvalue weighted by atomic mass is 16.5. The third-order valence-corrected chi connectivity index (χ3v) is 1.97. The molecule has 0 aromatic heterocycles. The number of hydrogen-bond acceptors (Lipinski definition) is 3. The Morgan fingerprint density at radius 3 is 1.67 bits per heavy atom. The summed E-state index contributed by atoms with van der Waals surface area (Å²) in [5, 5.41) is 16.5. The van der Waals surface area contributed by atoms with Crippen LogP contribution in [0.5, 0.6) is 0 Å². The van der Waals surface area contributed by atoms with E-state index in [-0.39, 0.29) is 6.61 Å². The van der Waals surface area contributed by atoms with Crippen LogP contribution in [0.1, 0.15) is 52.9 Å². The average Bonchev–Trinajstić information content (AvgIpc) is 2.29. The lowest BCUT2D eigenvalue weighted by Crippen LogP contribution is -2.08. The molecule has 0 amide bonds. The molecule has 0 radical (unpaired) electrons. The molecule has 0 aliphatic carbocycles. The molecule has 0 aromatic rings. The van der Waals surface area contributed by atoms with E-state index in [9.17, 15) is 0 Å². The number of aliphatic hydroxyl groups excluding tert-OH is 2. The van der Waals surface area contributed by atoms with Gasteiger partial charge in [0.15, 0.2) is 0 Å². The maximum absolute atomic E-state index is 8.42. The molecule has 0 spiro atoms. The summed E-state index contributed by atoms with van der Waals surface area (Å²) in [5.41, 5.74) is 0. The van der Waals surface area contributed by atoms with E-state index in [1.807, 2.05) is 6.92 Å². The molecule has 0 aliphatic heterocycles. The summed E-state index contributed by atoms with van der Waals surface area (Å²) in [5.74, 6) is 0. The zero-order valence-electron chi connectivity index (χ0n) is 10.5. The first kappa shape index (κ1) is 17.3. The van der Waals surface area contributed by atoms with Gasteiger partial charge in [0, 0.05) is 13.2 Å². The van der Waals surface area contributed by atoms with Gasteiger partial charge in [-0.3, -0.25) is 0 Å². The molecule has 0 aromatic carbocycles. The van der Waals surface area contributed by atoms with Crippen LogP contribution in [0.3, 0.4) is 0 Å². The lowest BCUT2D eigenvalue weighted by atomic mass is 10.3. The van der Waals surface area contributed by atoms with Crippen LogP contribution in [0.4, 0.5) is 0 Å². The van der Waals surface area contributed by atoms with Crippen LogP contribution < -0.4 is 0 Å². The smallest absolute Gasteiger partial charge is 0.0768 e. The van der Waals surface area contributed by atoms with Crippen molar-refractivity contribution in [2.75, 3.05) is 19.8 Å². The minimum absolute atomic E-state index is 0.115. The molecule has 0 saturated heterocycles. The van der Waals surface area contributed by atoms with Crippen LogP contribution in [0.15, 0.2) is 0 Å². The molecule has 0 rings (SSSR count). The second-order valence-corrected chi connectivity index (χ2v) is 3.56. The van der Waals surface area contributed by atoms with Crippen LogP contribution >= 0.6 is 0 Å². The second-order valence-electron chi connectivity index (χ2n) is 3.56. The number of ether oxygens (including phenoxy) is 1. The van der Waals surface area contributed by atoms with E-state index >= 15 is 0 Å². The lowest BCUT2D eigenvalue weighted by Gasteiger charge is -1.99. The van der Waals surface area contributed by atoms with E-state index in [4.69, 9.17) is 14.9 Å². The van der Waals surface area contributed by atoms with E-state index in [1.54, 1.807) is 0 Å². The van der Waals surface area contributed by atoms with Crippen molar-refractivity contribution in [1.82, 2.24) is 0 Å². The van der Waals surface area contributed by atoms with Gasteiger partial charge in [0.25, 0.3) is 0 Å². The Hall–Kier alpha value is -0.120. The standard InChI is InChI=1S/C8H18O.C4H10O2/c1-3-5-7-9-8-6-4-2;1-2-4(6)3-5/h3-8H2,1-2H3;4-6H,2-3H2,1H3. The molecule has 0 fully saturated rings. The molecule has 3 heteroatoms. The fraction of sp³-hybridized carbons (Fsp3) is 1.00. The van der Waals surface area contributed by atoms with Gasteiger partial charge in [-0.05, 0) is 19.3 Å². The number of rotatable bonds is 8. The fourth-order valence-electron chi connectivity index (χ4n) is 0.724. The lowest BCUT2D eigenvalue weighted by molar-refractivity contribution is 0.0923. The Kier molecular flexibility index (Phi) is 18.8. The van der Waals surface area contributed by atoms with Gasteiger partial charge in [0.2, 0.25) is 0 Å². The molecule has 0 saturated carbocycles. The Balaban J connectivity index is 0. The van der Waals surface area contributed by atoms with Crippen molar-refractivity contribution in [3.63, 3.8) is 0 Å². The van der Waals surface area contributed by atoms with Crippen LogP contribution in [0.25, 0.3) is 0 Å². The molecule has 15 heavy (non-hydrogen) atoms. The Bertz CT molecular complexity index is 86.9. The summed E-state index contributed by atoms with van der Waals surface area (Å²) in [6.07, 6.45) is 5.03. The first-order valence-electron chi connectivity index (χ1n) is 6.09. The number of hydrogen-bond donors (Lipinski definition) is 2. The maximum atomic E-state index is 8.42. The monoisotopic (exact) mass is 220 g/mol. The summed E-state index contributed by atoms with van der Waals surface area (Å²) in [7, 11) is 0. The molecule has 0 heterocycles. The van der Waals surface area contributed by atoms with Crippen molar-refractivity contribution in [1.29, 1.82) is 0 Å². The predicted octanol–water partition coefficient (Wildman–Crippen LogP) is 2.35. The van der Waals surface area contributed by atoms with Crippen LogP contribution in [0, 0.1) is 0 Å². The second kappa shape index (κ2) is 16.3. The first-order valence-corrected chi connectivity index (χ1v) is 6.09. The Labute approximate surface area is 94.5 Å². The number of aliphatic hydroxyl groups is 2. The molecule has 0 aliphatic rings. The molecule has 1 unspecified atom stereocenters. The average molecular weight is 220 g/mol. The zero-order valence-corrected chi connectivity index (χ0v) is 10.5. The minimum atomic E-state index is -0.509. The number of unbranched alkanes of at least 4 members (excludes halogenated alkanes) is 2. The van der Waals surface area contributed by atoms with Crippen LogP contribution in [-0.4, -0.2) is 36.1 Å². The normalized spacial score (nSPS) is 11.8. The van der Waals surface area contributed by atoms with E-state index in [0.717, 1.165) is 13.2 Å². The van der Waals surface area contributed by atoms with Crippen molar-refractivity contribution in [2.45, 2.75) is 59.0 Å². The van der Waals surface area contributed by atoms with Gasteiger partial charge in [-0.25, -0.2) is 0 Å². The van der Waals surface area contributed by atoms with Crippen molar-refractivity contribution >= 4 is 0 Å². The molecule has 0 bridgehead atoms. The molecule has 3 nitrogen and oxygen atoms in total. The quantitative estimate of drug-likeness (QED) is 0.617. The molecule has 94 valence electrons. The van der Waals surface area contributed by atoms with Gasteiger partial charge in [0.05, 0.1) is 12.7 Å². The summed E-state index contributed by atoms with van der Waals surface area (Å²) >= 11 is 0.